The highest BCUT2D eigenvalue weighted by Gasteiger charge is 2.12. The molecule has 0 saturated carbocycles. The fourth-order valence-electron chi connectivity index (χ4n) is 2.52. The zero-order valence-electron chi connectivity index (χ0n) is 14.0. The minimum Gasteiger partial charge on any atom is -0.441 e. The lowest BCUT2D eigenvalue weighted by atomic mass is 10.2. The first-order valence-electron chi connectivity index (χ1n) is 8.10. The van der Waals surface area contributed by atoms with E-state index in [1.807, 2.05) is 30.3 Å². The molecule has 0 aliphatic rings. The Labute approximate surface area is 145 Å². The number of halogens is 1. The largest absolute Gasteiger partial charge is 0.441 e. The van der Waals surface area contributed by atoms with Crippen LogP contribution >= 0.6 is 0 Å². The van der Waals surface area contributed by atoms with Gasteiger partial charge in [-0.1, -0.05) is 42.5 Å². The van der Waals surface area contributed by atoms with Gasteiger partial charge in [-0.25, -0.2) is 9.37 Å². The Bertz CT molecular complexity index is 828. The Kier molecular flexibility index (Phi) is 5.23. The van der Waals surface area contributed by atoms with Crippen LogP contribution in [-0.4, -0.2) is 22.8 Å². The molecule has 2 aromatic carbocycles. The van der Waals surface area contributed by atoms with E-state index in [0.717, 1.165) is 11.1 Å². The second-order valence-corrected chi connectivity index (χ2v) is 5.86. The third kappa shape index (κ3) is 4.53. The normalized spacial score (nSPS) is 10.6. The van der Waals surface area contributed by atoms with Crippen LogP contribution in [0.1, 0.15) is 17.9 Å². The van der Waals surface area contributed by atoms with E-state index < -0.39 is 0 Å². The van der Waals surface area contributed by atoms with Gasteiger partial charge in [-0.3, -0.25) is 4.79 Å². The van der Waals surface area contributed by atoms with Gasteiger partial charge < -0.3 is 9.32 Å². The van der Waals surface area contributed by atoms with E-state index >= 15 is 0 Å². The van der Waals surface area contributed by atoms with E-state index in [4.69, 9.17) is 4.42 Å². The maximum Gasteiger partial charge on any atom is 0.223 e. The number of benzene rings is 2. The molecule has 0 spiro atoms. The van der Waals surface area contributed by atoms with Crippen molar-refractivity contribution in [3.63, 3.8) is 0 Å². The smallest absolute Gasteiger partial charge is 0.223 e. The molecule has 0 N–H and O–H groups in total. The molecule has 0 unspecified atom stereocenters. The molecule has 128 valence electrons. The van der Waals surface area contributed by atoms with E-state index in [1.165, 1.54) is 12.1 Å². The molecule has 4 nitrogen and oxygen atoms in total. The lowest BCUT2D eigenvalue weighted by Crippen LogP contribution is -2.26. The number of rotatable bonds is 6. The third-order valence-corrected chi connectivity index (χ3v) is 3.92. The first-order valence-corrected chi connectivity index (χ1v) is 8.10. The van der Waals surface area contributed by atoms with E-state index in [1.54, 1.807) is 30.3 Å². The van der Waals surface area contributed by atoms with Crippen LogP contribution in [0.2, 0.25) is 0 Å². The molecule has 5 heteroatoms. The predicted molar refractivity (Wildman–Crippen MR) is 93.1 cm³/mol. The van der Waals surface area contributed by atoms with Gasteiger partial charge in [-0.05, 0) is 17.7 Å². The summed E-state index contributed by atoms with van der Waals surface area (Å²) in [5.74, 6) is 0.949. The molecule has 0 aliphatic heterocycles. The van der Waals surface area contributed by atoms with Crippen molar-refractivity contribution in [1.29, 1.82) is 0 Å². The van der Waals surface area contributed by atoms with Crippen LogP contribution < -0.4 is 0 Å². The summed E-state index contributed by atoms with van der Waals surface area (Å²) in [6.07, 6.45) is 2.43. The van der Waals surface area contributed by atoms with Gasteiger partial charge in [0.1, 0.15) is 5.82 Å². The van der Waals surface area contributed by atoms with E-state index in [-0.39, 0.29) is 11.7 Å². The van der Waals surface area contributed by atoms with Crippen LogP contribution in [-0.2, 0) is 17.8 Å². The van der Waals surface area contributed by atoms with E-state index in [2.05, 4.69) is 4.98 Å². The number of aryl methyl sites for hydroxylation is 1. The lowest BCUT2D eigenvalue weighted by molar-refractivity contribution is -0.130. The summed E-state index contributed by atoms with van der Waals surface area (Å²) in [6.45, 7) is 0.444. The van der Waals surface area contributed by atoms with Gasteiger partial charge in [-0.15, -0.1) is 0 Å². The molecule has 0 radical (unpaired) electrons. The highest BCUT2D eigenvalue weighted by molar-refractivity contribution is 5.76. The minimum absolute atomic E-state index is 0.0104. The molecule has 0 bridgehead atoms. The van der Waals surface area contributed by atoms with Crippen molar-refractivity contribution in [1.82, 2.24) is 9.88 Å². The number of nitrogens with zero attached hydrogens (tertiary/aromatic N) is 2. The standard InChI is InChI=1S/C20H19FN2O2/c1-23(14-15-7-9-17(21)10-8-15)20(24)12-11-19-22-13-18(25-19)16-5-3-2-4-6-16/h2-10,13H,11-12,14H2,1H3. The average molecular weight is 338 g/mol. The SMILES string of the molecule is CN(Cc1ccc(F)cc1)C(=O)CCc1ncc(-c2ccccc2)o1. The molecule has 0 aliphatic carbocycles. The zero-order valence-corrected chi connectivity index (χ0v) is 14.0. The highest BCUT2D eigenvalue weighted by Crippen LogP contribution is 2.20. The maximum absolute atomic E-state index is 12.9. The molecule has 0 fully saturated rings. The summed E-state index contributed by atoms with van der Waals surface area (Å²) in [6, 6.07) is 15.9. The Hall–Kier alpha value is -2.95. The lowest BCUT2D eigenvalue weighted by Gasteiger charge is -2.16. The van der Waals surface area contributed by atoms with Crippen LogP contribution in [0, 0.1) is 5.82 Å². The summed E-state index contributed by atoms with van der Waals surface area (Å²) < 4.78 is 18.6. The minimum atomic E-state index is -0.282. The molecule has 1 aromatic heterocycles. The highest BCUT2D eigenvalue weighted by atomic mass is 19.1. The number of amides is 1. The number of carbonyl (C=O) groups is 1. The molecule has 3 aromatic rings. The monoisotopic (exact) mass is 338 g/mol. The van der Waals surface area contributed by atoms with Gasteiger partial charge >= 0.3 is 0 Å². The fraction of sp³-hybridized carbons (Fsp3) is 0.200. The molecule has 0 saturated heterocycles. The average Bonchev–Trinajstić information content (AvgIpc) is 3.11. The molecular weight excluding hydrogens is 319 g/mol. The van der Waals surface area contributed by atoms with Crippen LogP contribution in [0.5, 0.6) is 0 Å². The predicted octanol–water partition coefficient (Wildman–Crippen LogP) is 4.07. The van der Waals surface area contributed by atoms with Crippen molar-refractivity contribution in [3.05, 3.63) is 78.1 Å². The van der Waals surface area contributed by atoms with Crippen LogP contribution in [0.3, 0.4) is 0 Å². The Morgan fingerprint density at radius 2 is 1.84 bits per heavy atom. The zero-order chi connectivity index (χ0) is 17.6. The van der Waals surface area contributed by atoms with Crippen molar-refractivity contribution in [2.24, 2.45) is 0 Å². The third-order valence-electron chi connectivity index (χ3n) is 3.92. The summed E-state index contributed by atoms with van der Waals surface area (Å²) in [4.78, 5) is 18.1. The molecule has 1 amide bonds. The molecular formula is C20H19FN2O2. The van der Waals surface area contributed by atoms with Crippen molar-refractivity contribution < 1.29 is 13.6 Å². The topological polar surface area (TPSA) is 46.3 Å². The second kappa shape index (κ2) is 7.75. The Morgan fingerprint density at radius 1 is 1.12 bits per heavy atom. The molecule has 3 rings (SSSR count). The van der Waals surface area contributed by atoms with Crippen LogP contribution in [0.15, 0.2) is 65.2 Å². The van der Waals surface area contributed by atoms with E-state index in [9.17, 15) is 9.18 Å². The van der Waals surface area contributed by atoms with Gasteiger partial charge in [0.25, 0.3) is 0 Å². The number of hydrogen-bond donors (Lipinski definition) is 0. The van der Waals surface area contributed by atoms with Gasteiger partial charge in [0.05, 0.1) is 6.20 Å². The van der Waals surface area contributed by atoms with Gasteiger partial charge in [0.15, 0.2) is 11.7 Å². The first-order chi connectivity index (χ1) is 12.1. The number of aromatic nitrogens is 1. The fourth-order valence-corrected chi connectivity index (χ4v) is 2.52. The number of carbonyl (C=O) groups excluding carboxylic acids is 1. The Morgan fingerprint density at radius 3 is 2.56 bits per heavy atom. The van der Waals surface area contributed by atoms with Crippen molar-refractivity contribution in [2.75, 3.05) is 7.05 Å². The summed E-state index contributed by atoms with van der Waals surface area (Å²) in [7, 11) is 1.73. The van der Waals surface area contributed by atoms with Crippen LogP contribution in [0.4, 0.5) is 4.39 Å². The summed E-state index contributed by atoms with van der Waals surface area (Å²) >= 11 is 0. The first kappa shape index (κ1) is 16.9. The van der Waals surface area contributed by atoms with Crippen molar-refractivity contribution in [2.45, 2.75) is 19.4 Å². The van der Waals surface area contributed by atoms with Gasteiger partial charge in [-0.2, -0.15) is 0 Å². The summed E-state index contributed by atoms with van der Waals surface area (Å²) in [5.41, 5.74) is 1.85. The molecule has 25 heavy (non-hydrogen) atoms. The number of hydrogen-bond acceptors (Lipinski definition) is 3. The van der Waals surface area contributed by atoms with Crippen molar-refractivity contribution >= 4 is 5.91 Å². The Balaban J connectivity index is 1.53. The van der Waals surface area contributed by atoms with Gasteiger partial charge in [0.2, 0.25) is 5.91 Å². The molecule has 1 heterocycles. The summed E-state index contributed by atoms with van der Waals surface area (Å²) in [5, 5.41) is 0. The van der Waals surface area contributed by atoms with Crippen LogP contribution in [0.25, 0.3) is 11.3 Å². The maximum atomic E-state index is 12.9. The van der Waals surface area contributed by atoms with Crippen molar-refractivity contribution in [3.8, 4) is 11.3 Å². The second-order valence-electron chi connectivity index (χ2n) is 5.86. The molecule has 0 atom stereocenters. The van der Waals surface area contributed by atoms with E-state index in [0.29, 0.717) is 31.0 Å². The number of oxazole rings is 1. The van der Waals surface area contributed by atoms with Gasteiger partial charge in [0, 0.05) is 32.0 Å². The quantitative estimate of drug-likeness (QED) is 0.680.